The number of rotatable bonds is 3. The average molecular weight is 270 g/mol. The van der Waals surface area contributed by atoms with Gasteiger partial charge in [-0.2, -0.15) is 0 Å². The highest BCUT2D eigenvalue weighted by atomic mass is 16.5. The quantitative estimate of drug-likeness (QED) is 0.801. The molecule has 20 heavy (non-hydrogen) atoms. The summed E-state index contributed by atoms with van der Waals surface area (Å²) in [5.41, 5.74) is 1.43. The van der Waals surface area contributed by atoms with Crippen molar-refractivity contribution in [3.63, 3.8) is 0 Å². The third-order valence-electron chi connectivity index (χ3n) is 3.52. The molecule has 5 nitrogen and oxygen atoms in total. The van der Waals surface area contributed by atoms with Crippen molar-refractivity contribution in [3.05, 3.63) is 53.4 Å². The van der Waals surface area contributed by atoms with Crippen LogP contribution in [0.4, 0.5) is 0 Å². The molecular formula is C15H14N2O3. The van der Waals surface area contributed by atoms with E-state index in [1.54, 1.807) is 4.90 Å². The number of carbonyl (C=O) groups excluding carboxylic acids is 2. The van der Waals surface area contributed by atoms with Crippen LogP contribution in [0.3, 0.4) is 0 Å². The van der Waals surface area contributed by atoms with Crippen LogP contribution in [-0.4, -0.2) is 34.8 Å². The number of carbonyl (C=O) groups is 2. The molecule has 1 aliphatic rings. The summed E-state index contributed by atoms with van der Waals surface area (Å²) in [5.74, 6) is 0.0727. The first-order valence-corrected chi connectivity index (χ1v) is 6.47. The van der Waals surface area contributed by atoms with Crippen LogP contribution in [0, 0.1) is 0 Å². The second kappa shape index (κ2) is 4.92. The molecule has 1 aliphatic heterocycles. The van der Waals surface area contributed by atoms with Gasteiger partial charge >= 0.3 is 0 Å². The topological polar surface area (TPSA) is 63.4 Å². The second-order valence-electron chi connectivity index (χ2n) is 4.95. The van der Waals surface area contributed by atoms with Gasteiger partial charge in [-0.25, -0.2) is 0 Å². The van der Waals surface area contributed by atoms with Crippen molar-refractivity contribution in [3.8, 4) is 0 Å². The van der Waals surface area contributed by atoms with E-state index in [9.17, 15) is 9.59 Å². The molecule has 0 atom stereocenters. The minimum atomic E-state index is -0.234. The molecule has 0 unspecified atom stereocenters. The molecule has 0 spiro atoms. The van der Waals surface area contributed by atoms with Gasteiger partial charge in [0.15, 0.2) is 11.5 Å². The fourth-order valence-corrected chi connectivity index (χ4v) is 2.28. The zero-order valence-electron chi connectivity index (χ0n) is 11.1. The van der Waals surface area contributed by atoms with Crippen molar-refractivity contribution in [2.75, 3.05) is 13.1 Å². The van der Waals surface area contributed by atoms with Gasteiger partial charge in [-0.3, -0.25) is 9.59 Å². The molecule has 0 saturated carbocycles. The maximum atomic E-state index is 12.1. The number of Topliss-reactive ketones (excluding diaryl/α,β-unsaturated/α-hetero) is 1. The lowest BCUT2D eigenvalue weighted by Crippen LogP contribution is -2.48. The zero-order valence-corrected chi connectivity index (χ0v) is 11.1. The molecule has 5 heteroatoms. The highest BCUT2D eigenvalue weighted by molar-refractivity contribution is 5.97. The molecule has 1 aromatic carbocycles. The Labute approximate surface area is 116 Å². The molecule has 0 radical (unpaired) electrons. The normalized spacial score (nSPS) is 14.9. The van der Waals surface area contributed by atoms with E-state index in [1.807, 2.05) is 18.2 Å². The minimum absolute atomic E-state index is 0.119. The molecular weight excluding hydrogens is 256 g/mol. The highest BCUT2D eigenvalue weighted by Crippen LogP contribution is 2.27. The third kappa shape index (κ3) is 2.22. The Bertz CT molecular complexity index is 642. The molecule has 102 valence electrons. The van der Waals surface area contributed by atoms with E-state index in [0.29, 0.717) is 19.0 Å². The van der Waals surface area contributed by atoms with E-state index >= 15 is 0 Å². The van der Waals surface area contributed by atoms with Gasteiger partial charge < -0.3 is 9.42 Å². The van der Waals surface area contributed by atoms with E-state index in [-0.39, 0.29) is 23.1 Å². The van der Waals surface area contributed by atoms with E-state index < -0.39 is 0 Å². The van der Waals surface area contributed by atoms with Crippen molar-refractivity contribution < 1.29 is 14.1 Å². The van der Waals surface area contributed by atoms with Crippen molar-refractivity contribution >= 4 is 11.7 Å². The van der Waals surface area contributed by atoms with Gasteiger partial charge in [0.2, 0.25) is 5.76 Å². The summed E-state index contributed by atoms with van der Waals surface area (Å²) in [5, 5.41) is 3.65. The molecule has 1 fully saturated rings. The van der Waals surface area contributed by atoms with E-state index in [4.69, 9.17) is 4.52 Å². The van der Waals surface area contributed by atoms with Crippen LogP contribution < -0.4 is 0 Å². The Balaban J connectivity index is 1.64. The van der Waals surface area contributed by atoms with Crippen molar-refractivity contribution in [1.29, 1.82) is 0 Å². The Morgan fingerprint density at radius 2 is 1.95 bits per heavy atom. The highest BCUT2D eigenvalue weighted by Gasteiger charge is 2.33. The number of amides is 1. The largest absolute Gasteiger partial charge is 0.352 e. The van der Waals surface area contributed by atoms with Crippen molar-refractivity contribution in [2.45, 2.75) is 12.8 Å². The molecule has 3 rings (SSSR count). The van der Waals surface area contributed by atoms with Crippen molar-refractivity contribution in [1.82, 2.24) is 10.1 Å². The number of hydrogen-bond acceptors (Lipinski definition) is 4. The lowest BCUT2D eigenvalue weighted by molar-refractivity contribution is 0.0591. The van der Waals surface area contributed by atoms with Gasteiger partial charge in [0.1, 0.15) is 0 Å². The number of likely N-dealkylation sites (tertiary alicyclic amines) is 1. The maximum absolute atomic E-state index is 12.1. The van der Waals surface area contributed by atoms with E-state index in [2.05, 4.69) is 17.3 Å². The first-order valence-electron chi connectivity index (χ1n) is 6.47. The number of benzene rings is 1. The molecule has 1 saturated heterocycles. The predicted octanol–water partition coefficient (Wildman–Crippen LogP) is 2.12. The second-order valence-corrected chi connectivity index (χ2v) is 4.95. The summed E-state index contributed by atoms with van der Waals surface area (Å²) in [7, 11) is 0. The smallest absolute Gasteiger partial charge is 0.276 e. The number of nitrogens with zero attached hydrogens (tertiary/aromatic N) is 2. The summed E-state index contributed by atoms with van der Waals surface area (Å²) in [6.45, 7) is 2.72. The zero-order chi connectivity index (χ0) is 14.1. The van der Waals surface area contributed by atoms with Gasteiger partial charge in [0, 0.05) is 32.0 Å². The standard InChI is InChI=1S/C15H14N2O3/c1-10(18)14-7-13(16-20-14)15(19)17-8-12(9-17)11-5-3-2-4-6-11/h2-7,12H,8-9H2,1H3. The first kappa shape index (κ1) is 12.6. The van der Waals surface area contributed by atoms with Crippen LogP contribution in [0.2, 0.25) is 0 Å². The Kier molecular flexibility index (Phi) is 3.10. The van der Waals surface area contributed by atoms with Gasteiger partial charge in [-0.15, -0.1) is 0 Å². The van der Waals surface area contributed by atoms with Crippen LogP contribution in [0.5, 0.6) is 0 Å². The van der Waals surface area contributed by atoms with Gasteiger partial charge in [0.05, 0.1) is 0 Å². The van der Waals surface area contributed by atoms with Crippen LogP contribution in [0.15, 0.2) is 40.9 Å². The number of aromatic nitrogens is 1. The SMILES string of the molecule is CC(=O)c1cc(C(=O)N2CC(c3ccccc3)C2)no1. The fourth-order valence-electron chi connectivity index (χ4n) is 2.28. The Morgan fingerprint density at radius 1 is 1.25 bits per heavy atom. The molecule has 2 heterocycles. The molecule has 0 aliphatic carbocycles. The molecule has 1 aromatic heterocycles. The molecule has 1 amide bonds. The van der Waals surface area contributed by atoms with Crippen LogP contribution in [0.25, 0.3) is 0 Å². The summed E-state index contributed by atoms with van der Waals surface area (Å²) in [6.07, 6.45) is 0. The molecule has 0 bridgehead atoms. The number of hydrogen-bond donors (Lipinski definition) is 0. The molecule has 0 N–H and O–H groups in total. The summed E-state index contributed by atoms with van der Waals surface area (Å²) >= 11 is 0. The van der Waals surface area contributed by atoms with Gasteiger partial charge in [-0.1, -0.05) is 35.5 Å². The summed E-state index contributed by atoms with van der Waals surface area (Å²) in [4.78, 5) is 25.0. The minimum Gasteiger partial charge on any atom is -0.352 e. The third-order valence-corrected chi connectivity index (χ3v) is 3.52. The lowest BCUT2D eigenvalue weighted by atomic mass is 9.91. The lowest BCUT2D eigenvalue weighted by Gasteiger charge is -2.39. The van der Waals surface area contributed by atoms with Gasteiger partial charge in [-0.05, 0) is 5.56 Å². The van der Waals surface area contributed by atoms with Crippen LogP contribution >= 0.6 is 0 Å². The Hall–Kier alpha value is -2.43. The van der Waals surface area contributed by atoms with Gasteiger partial charge in [0.25, 0.3) is 5.91 Å². The van der Waals surface area contributed by atoms with Crippen LogP contribution in [0.1, 0.15) is 39.4 Å². The summed E-state index contributed by atoms with van der Waals surface area (Å²) in [6, 6.07) is 11.5. The predicted molar refractivity (Wildman–Crippen MR) is 71.6 cm³/mol. The number of ketones is 1. The maximum Gasteiger partial charge on any atom is 0.276 e. The Morgan fingerprint density at radius 3 is 2.55 bits per heavy atom. The van der Waals surface area contributed by atoms with E-state index in [0.717, 1.165) is 0 Å². The van der Waals surface area contributed by atoms with Crippen molar-refractivity contribution in [2.24, 2.45) is 0 Å². The van der Waals surface area contributed by atoms with Crippen LogP contribution in [-0.2, 0) is 0 Å². The average Bonchev–Trinajstić information content (AvgIpc) is 2.88. The molecule has 2 aromatic rings. The van der Waals surface area contributed by atoms with E-state index in [1.165, 1.54) is 18.6 Å². The fraction of sp³-hybridized carbons (Fsp3) is 0.267. The first-order chi connectivity index (χ1) is 9.65. The summed E-state index contributed by atoms with van der Waals surface area (Å²) < 4.78 is 4.83. The monoisotopic (exact) mass is 270 g/mol.